The van der Waals surface area contributed by atoms with Crippen LogP contribution in [-0.2, 0) is 26.3 Å². The number of carbonyl (C=O) groups excluding carboxylic acids is 2. The standard InChI is InChI=1S/C21H23FN2O3/c1-15(25)24-19-4-2-3-16(13-19)14-23-20(26)21(9-11-27-12-10-21)17-5-7-18(22)8-6-17/h2-8,13H,9-12,14H2,1H3,(H,23,26)(H,24,25). The molecule has 0 aromatic heterocycles. The number of halogens is 1. The lowest BCUT2D eigenvalue weighted by Crippen LogP contribution is -2.47. The zero-order chi connectivity index (χ0) is 19.3. The second-order valence-corrected chi connectivity index (χ2v) is 6.77. The van der Waals surface area contributed by atoms with Gasteiger partial charge in [-0.25, -0.2) is 4.39 Å². The van der Waals surface area contributed by atoms with Gasteiger partial charge in [-0.2, -0.15) is 0 Å². The quantitative estimate of drug-likeness (QED) is 0.850. The Hall–Kier alpha value is -2.73. The summed E-state index contributed by atoms with van der Waals surface area (Å²) in [6, 6.07) is 13.5. The van der Waals surface area contributed by atoms with Gasteiger partial charge in [0.1, 0.15) is 5.82 Å². The third-order valence-electron chi connectivity index (χ3n) is 4.88. The van der Waals surface area contributed by atoms with Crippen LogP contribution in [0.3, 0.4) is 0 Å². The third kappa shape index (κ3) is 4.52. The van der Waals surface area contributed by atoms with Crippen LogP contribution >= 0.6 is 0 Å². The Morgan fingerprint density at radius 2 is 1.81 bits per heavy atom. The topological polar surface area (TPSA) is 67.4 Å². The van der Waals surface area contributed by atoms with Crippen molar-refractivity contribution in [3.63, 3.8) is 0 Å². The lowest BCUT2D eigenvalue weighted by Gasteiger charge is -2.36. The first-order valence-electron chi connectivity index (χ1n) is 8.98. The summed E-state index contributed by atoms with van der Waals surface area (Å²) in [6.07, 6.45) is 1.10. The Morgan fingerprint density at radius 1 is 1.11 bits per heavy atom. The van der Waals surface area contributed by atoms with Crippen molar-refractivity contribution in [1.29, 1.82) is 0 Å². The molecule has 1 saturated heterocycles. The van der Waals surface area contributed by atoms with Crippen LogP contribution in [0.5, 0.6) is 0 Å². The predicted molar refractivity (Wildman–Crippen MR) is 101 cm³/mol. The molecule has 6 heteroatoms. The van der Waals surface area contributed by atoms with E-state index in [0.717, 1.165) is 11.1 Å². The van der Waals surface area contributed by atoms with E-state index in [0.29, 0.717) is 38.3 Å². The lowest BCUT2D eigenvalue weighted by molar-refractivity contribution is -0.130. The van der Waals surface area contributed by atoms with E-state index in [1.54, 1.807) is 18.2 Å². The van der Waals surface area contributed by atoms with Gasteiger partial charge in [0.15, 0.2) is 0 Å². The van der Waals surface area contributed by atoms with Gasteiger partial charge in [-0.3, -0.25) is 9.59 Å². The number of rotatable bonds is 5. The number of hydrogen-bond acceptors (Lipinski definition) is 3. The van der Waals surface area contributed by atoms with Gasteiger partial charge in [-0.15, -0.1) is 0 Å². The highest BCUT2D eigenvalue weighted by Crippen LogP contribution is 2.35. The number of amides is 2. The van der Waals surface area contributed by atoms with Gasteiger partial charge in [0.05, 0.1) is 5.41 Å². The van der Waals surface area contributed by atoms with E-state index in [4.69, 9.17) is 4.74 Å². The second-order valence-electron chi connectivity index (χ2n) is 6.77. The monoisotopic (exact) mass is 370 g/mol. The minimum absolute atomic E-state index is 0.0951. The Balaban J connectivity index is 1.75. The molecule has 3 rings (SSSR count). The van der Waals surface area contributed by atoms with Gasteiger partial charge in [0.25, 0.3) is 0 Å². The third-order valence-corrected chi connectivity index (χ3v) is 4.88. The maximum absolute atomic E-state index is 13.3. The Labute approximate surface area is 157 Å². The van der Waals surface area contributed by atoms with E-state index >= 15 is 0 Å². The first-order chi connectivity index (χ1) is 13.0. The molecule has 0 aliphatic carbocycles. The summed E-state index contributed by atoms with van der Waals surface area (Å²) in [4.78, 5) is 24.3. The second kappa shape index (κ2) is 8.31. The highest BCUT2D eigenvalue weighted by Gasteiger charge is 2.41. The van der Waals surface area contributed by atoms with Gasteiger partial charge in [-0.05, 0) is 48.2 Å². The molecular weight excluding hydrogens is 347 g/mol. The number of anilines is 1. The molecule has 0 unspecified atom stereocenters. The largest absolute Gasteiger partial charge is 0.381 e. The van der Waals surface area contributed by atoms with Gasteiger partial charge in [0, 0.05) is 32.4 Å². The Morgan fingerprint density at radius 3 is 2.48 bits per heavy atom. The molecule has 1 heterocycles. The maximum atomic E-state index is 13.3. The van der Waals surface area contributed by atoms with E-state index < -0.39 is 5.41 Å². The molecule has 1 aliphatic heterocycles. The van der Waals surface area contributed by atoms with Crippen molar-refractivity contribution in [2.75, 3.05) is 18.5 Å². The normalized spacial score (nSPS) is 15.8. The average Bonchev–Trinajstić information content (AvgIpc) is 2.67. The van der Waals surface area contributed by atoms with Crippen LogP contribution in [0.4, 0.5) is 10.1 Å². The van der Waals surface area contributed by atoms with Crippen LogP contribution in [0.1, 0.15) is 30.9 Å². The number of ether oxygens (including phenoxy) is 1. The molecule has 2 N–H and O–H groups in total. The number of nitrogens with one attached hydrogen (secondary N) is 2. The van der Waals surface area contributed by atoms with Gasteiger partial charge >= 0.3 is 0 Å². The zero-order valence-electron chi connectivity index (χ0n) is 15.3. The molecule has 0 radical (unpaired) electrons. The highest BCUT2D eigenvalue weighted by atomic mass is 19.1. The van der Waals surface area contributed by atoms with Crippen LogP contribution in [0.15, 0.2) is 48.5 Å². The molecule has 27 heavy (non-hydrogen) atoms. The van der Waals surface area contributed by atoms with Crippen molar-refractivity contribution < 1.29 is 18.7 Å². The van der Waals surface area contributed by atoms with Gasteiger partial charge < -0.3 is 15.4 Å². The molecule has 1 fully saturated rings. The van der Waals surface area contributed by atoms with E-state index in [1.165, 1.54) is 19.1 Å². The Bertz CT molecular complexity index is 814. The number of benzene rings is 2. The molecule has 2 amide bonds. The fraction of sp³-hybridized carbons (Fsp3) is 0.333. The van der Waals surface area contributed by atoms with Crippen molar-refractivity contribution in [2.24, 2.45) is 0 Å². The molecular formula is C21H23FN2O3. The van der Waals surface area contributed by atoms with Gasteiger partial charge in [-0.1, -0.05) is 24.3 Å². The van der Waals surface area contributed by atoms with Crippen molar-refractivity contribution in [2.45, 2.75) is 31.7 Å². The zero-order valence-corrected chi connectivity index (χ0v) is 15.3. The average molecular weight is 370 g/mol. The highest BCUT2D eigenvalue weighted by molar-refractivity contribution is 5.89. The number of carbonyl (C=O) groups is 2. The first-order valence-corrected chi connectivity index (χ1v) is 8.98. The van der Waals surface area contributed by atoms with Crippen LogP contribution in [0.25, 0.3) is 0 Å². The number of hydrogen-bond donors (Lipinski definition) is 2. The molecule has 0 bridgehead atoms. The molecule has 142 valence electrons. The summed E-state index contributed by atoms with van der Waals surface area (Å²) >= 11 is 0. The Kier molecular flexibility index (Phi) is 5.86. The first kappa shape index (κ1) is 19.0. The van der Waals surface area contributed by atoms with Crippen molar-refractivity contribution >= 4 is 17.5 Å². The van der Waals surface area contributed by atoms with E-state index in [2.05, 4.69) is 10.6 Å². The van der Waals surface area contributed by atoms with Crippen LogP contribution in [-0.4, -0.2) is 25.0 Å². The predicted octanol–water partition coefficient (Wildman–Crippen LogP) is 3.15. The van der Waals surface area contributed by atoms with Crippen molar-refractivity contribution in [3.05, 3.63) is 65.5 Å². The minimum Gasteiger partial charge on any atom is -0.381 e. The van der Waals surface area contributed by atoms with E-state index in [1.807, 2.05) is 18.2 Å². The maximum Gasteiger partial charge on any atom is 0.231 e. The molecule has 1 aliphatic rings. The molecule has 2 aromatic carbocycles. The fourth-order valence-corrected chi connectivity index (χ4v) is 3.45. The summed E-state index contributed by atoms with van der Waals surface area (Å²) in [5.74, 6) is -0.563. The van der Waals surface area contributed by atoms with Crippen molar-refractivity contribution in [3.8, 4) is 0 Å². The molecule has 0 saturated carbocycles. The smallest absolute Gasteiger partial charge is 0.231 e. The summed E-state index contributed by atoms with van der Waals surface area (Å²) in [7, 11) is 0. The fourth-order valence-electron chi connectivity index (χ4n) is 3.45. The minimum atomic E-state index is -0.721. The molecule has 2 aromatic rings. The summed E-state index contributed by atoms with van der Waals surface area (Å²) in [6.45, 7) is 2.77. The lowest BCUT2D eigenvalue weighted by atomic mass is 9.73. The van der Waals surface area contributed by atoms with Gasteiger partial charge in [0.2, 0.25) is 11.8 Å². The van der Waals surface area contributed by atoms with Crippen LogP contribution < -0.4 is 10.6 Å². The molecule has 0 atom stereocenters. The molecule has 5 nitrogen and oxygen atoms in total. The summed E-state index contributed by atoms with van der Waals surface area (Å²) in [5, 5.41) is 5.73. The SMILES string of the molecule is CC(=O)Nc1cccc(CNC(=O)C2(c3ccc(F)cc3)CCOCC2)c1. The van der Waals surface area contributed by atoms with Crippen LogP contribution in [0.2, 0.25) is 0 Å². The van der Waals surface area contributed by atoms with E-state index in [-0.39, 0.29) is 17.6 Å². The summed E-state index contributed by atoms with van der Waals surface area (Å²) in [5.41, 5.74) is 1.66. The summed E-state index contributed by atoms with van der Waals surface area (Å²) < 4.78 is 18.8. The molecule has 0 spiro atoms. The van der Waals surface area contributed by atoms with Crippen LogP contribution in [0, 0.1) is 5.82 Å². The van der Waals surface area contributed by atoms with E-state index in [9.17, 15) is 14.0 Å². The van der Waals surface area contributed by atoms with Crippen molar-refractivity contribution in [1.82, 2.24) is 5.32 Å².